The minimum Gasteiger partial charge on any atom is -0.336 e. The van der Waals surface area contributed by atoms with Gasteiger partial charge in [-0.25, -0.2) is 0 Å². The second-order valence-corrected chi connectivity index (χ2v) is 11.1. The predicted molar refractivity (Wildman–Crippen MR) is 144 cm³/mol. The number of hydrogen-bond donors (Lipinski definition) is 0. The van der Waals surface area contributed by atoms with Crippen LogP contribution in [0.5, 0.6) is 0 Å². The number of thiophene rings is 1. The van der Waals surface area contributed by atoms with Crippen molar-refractivity contribution < 1.29 is 9.59 Å². The number of carbonyl (C=O) groups is 2. The van der Waals surface area contributed by atoms with E-state index in [9.17, 15) is 9.59 Å². The molecule has 2 aromatic heterocycles. The monoisotopic (exact) mass is 497 g/mol. The van der Waals surface area contributed by atoms with Crippen LogP contribution in [0, 0.1) is 12.8 Å². The number of piperazine rings is 1. The van der Waals surface area contributed by atoms with Crippen molar-refractivity contribution >= 4 is 33.4 Å². The molecule has 2 aliphatic rings. The molecule has 1 aliphatic heterocycles. The molecule has 3 heterocycles. The first-order chi connectivity index (χ1) is 17.5. The highest BCUT2D eigenvalue weighted by Gasteiger charge is 2.47. The Hall–Kier alpha value is -3.38. The predicted octanol–water partition coefficient (Wildman–Crippen LogP) is 5.54. The number of carbonyl (C=O) groups excluding carboxylic acids is 2. The number of aryl methyl sites for hydroxylation is 1. The molecular formula is C30H31N3O2S. The molecule has 184 valence electrons. The van der Waals surface area contributed by atoms with E-state index < -0.39 is 0 Å². The second-order valence-electron chi connectivity index (χ2n) is 10.2. The molecule has 1 aliphatic carbocycles. The van der Waals surface area contributed by atoms with Gasteiger partial charge in [-0.1, -0.05) is 54.6 Å². The van der Waals surface area contributed by atoms with Crippen LogP contribution in [-0.4, -0.2) is 51.9 Å². The summed E-state index contributed by atoms with van der Waals surface area (Å²) < 4.78 is 2.17. The summed E-state index contributed by atoms with van der Waals surface area (Å²) in [4.78, 5) is 32.1. The van der Waals surface area contributed by atoms with Crippen LogP contribution < -0.4 is 0 Å². The molecule has 3 atom stereocenters. The molecule has 0 radical (unpaired) electrons. The number of benzene rings is 2. The normalized spacial score (nSPS) is 21.7. The Kier molecular flexibility index (Phi) is 5.92. The maximum Gasteiger partial charge on any atom is 0.270 e. The SMILES string of the molecule is Cc1ccccc1Cn1c(C(=O)N2CCN(C(=O)[C@@H]3C[C@H]3c3ccccc3)[C@@H](C)C2)cc2ccsc21. The van der Waals surface area contributed by atoms with E-state index in [1.54, 1.807) is 11.3 Å². The zero-order chi connectivity index (χ0) is 24.8. The fraction of sp³-hybridized carbons (Fsp3) is 0.333. The van der Waals surface area contributed by atoms with Gasteiger partial charge >= 0.3 is 0 Å². The van der Waals surface area contributed by atoms with Gasteiger partial charge < -0.3 is 14.4 Å². The zero-order valence-corrected chi connectivity index (χ0v) is 21.6. The maximum absolute atomic E-state index is 13.8. The van der Waals surface area contributed by atoms with Crippen LogP contribution in [0.25, 0.3) is 10.2 Å². The summed E-state index contributed by atoms with van der Waals surface area (Å²) in [6, 6.07) is 22.8. The van der Waals surface area contributed by atoms with Crippen LogP contribution in [0.2, 0.25) is 0 Å². The van der Waals surface area contributed by atoms with Gasteiger partial charge in [-0.05, 0) is 60.4 Å². The van der Waals surface area contributed by atoms with E-state index in [2.05, 4.69) is 60.2 Å². The number of rotatable bonds is 5. The Balaban J connectivity index is 1.17. The van der Waals surface area contributed by atoms with Crippen LogP contribution in [0.1, 0.15) is 46.4 Å². The largest absolute Gasteiger partial charge is 0.336 e. The van der Waals surface area contributed by atoms with E-state index in [0.717, 1.165) is 22.3 Å². The summed E-state index contributed by atoms with van der Waals surface area (Å²) in [6.07, 6.45) is 0.928. The molecule has 0 spiro atoms. The van der Waals surface area contributed by atoms with Crippen molar-refractivity contribution in [3.05, 3.63) is 94.5 Å². The Morgan fingerprint density at radius 1 is 1.00 bits per heavy atom. The molecule has 0 N–H and O–H groups in total. The van der Waals surface area contributed by atoms with Gasteiger partial charge in [0.25, 0.3) is 5.91 Å². The van der Waals surface area contributed by atoms with Crippen LogP contribution >= 0.6 is 11.3 Å². The summed E-state index contributed by atoms with van der Waals surface area (Å²) >= 11 is 1.68. The molecule has 1 saturated carbocycles. The number of amides is 2. The molecule has 6 rings (SSSR count). The zero-order valence-electron chi connectivity index (χ0n) is 20.8. The van der Waals surface area contributed by atoms with Gasteiger partial charge in [0.15, 0.2) is 0 Å². The fourth-order valence-electron chi connectivity index (χ4n) is 5.65. The van der Waals surface area contributed by atoms with E-state index >= 15 is 0 Å². The lowest BCUT2D eigenvalue weighted by molar-refractivity contribution is -0.136. The van der Waals surface area contributed by atoms with Crippen LogP contribution in [0.3, 0.4) is 0 Å². The van der Waals surface area contributed by atoms with Crippen molar-refractivity contribution in [3.8, 4) is 0 Å². The number of hydrogen-bond acceptors (Lipinski definition) is 3. The molecule has 0 unspecified atom stereocenters. The molecule has 2 aromatic carbocycles. The Morgan fingerprint density at radius 3 is 2.56 bits per heavy atom. The van der Waals surface area contributed by atoms with Crippen molar-refractivity contribution in [3.63, 3.8) is 0 Å². The summed E-state index contributed by atoms with van der Waals surface area (Å²) in [5, 5.41) is 3.19. The number of fused-ring (bicyclic) bond motifs is 1. The van der Waals surface area contributed by atoms with Crippen LogP contribution in [-0.2, 0) is 11.3 Å². The first-order valence-electron chi connectivity index (χ1n) is 12.8. The van der Waals surface area contributed by atoms with Gasteiger partial charge in [-0.2, -0.15) is 0 Å². The molecular weight excluding hydrogens is 466 g/mol. The molecule has 4 aromatic rings. The van der Waals surface area contributed by atoms with Crippen molar-refractivity contribution in [1.29, 1.82) is 0 Å². The minimum atomic E-state index is 0.00752. The maximum atomic E-state index is 13.8. The number of nitrogens with zero attached hydrogens (tertiary/aromatic N) is 3. The lowest BCUT2D eigenvalue weighted by Crippen LogP contribution is -2.56. The summed E-state index contributed by atoms with van der Waals surface area (Å²) in [5.41, 5.74) is 4.44. The van der Waals surface area contributed by atoms with E-state index in [1.165, 1.54) is 16.7 Å². The Morgan fingerprint density at radius 2 is 1.78 bits per heavy atom. The highest BCUT2D eigenvalue weighted by Crippen LogP contribution is 2.48. The van der Waals surface area contributed by atoms with Gasteiger partial charge in [0.1, 0.15) is 10.5 Å². The Bertz CT molecular complexity index is 1420. The van der Waals surface area contributed by atoms with Gasteiger partial charge in [0.05, 0.1) is 0 Å². The second kappa shape index (κ2) is 9.25. The topological polar surface area (TPSA) is 45.6 Å². The molecule has 0 bridgehead atoms. The molecule has 6 heteroatoms. The van der Waals surface area contributed by atoms with Crippen molar-refractivity contribution in [2.75, 3.05) is 19.6 Å². The highest BCUT2D eigenvalue weighted by atomic mass is 32.1. The summed E-state index contributed by atoms with van der Waals surface area (Å²) in [5.74, 6) is 0.713. The van der Waals surface area contributed by atoms with Gasteiger partial charge in [0.2, 0.25) is 5.91 Å². The Labute approximate surface area is 215 Å². The molecule has 1 saturated heterocycles. The van der Waals surface area contributed by atoms with Crippen molar-refractivity contribution in [2.45, 2.75) is 38.8 Å². The van der Waals surface area contributed by atoms with Crippen LogP contribution in [0.15, 0.2) is 72.1 Å². The first kappa shape index (κ1) is 23.0. The lowest BCUT2D eigenvalue weighted by Gasteiger charge is -2.40. The standard InChI is InChI=1S/C30H31N3O2S/c1-20-8-6-7-11-24(20)19-33-27(16-23-12-15-36-30(23)33)29(35)31-13-14-32(21(2)18-31)28(34)26-17-25(26)22-9-4-3-5-10-22/h3-12,15-16,21,25-26H,13-14,17-19H2,1-2H3/t21-,25-,26+/m0/s1. The average molecular weight is 498 g/mol. The third kappa shape index (κ3) is 4.13. The van der Waals surface area contributed by atoms with Gasteiger partial charge in [-0.15, -0.1) is 11.3 Å². The average Bonchev–Trinajstić information content (AvgIpc) is 3.44. The molecule has 2 amide bonds. The quantitative estimate of drug-likeness (QED) is 0.364. The minimum absolute atomic E-state index is 0.00752. The van der Waals surface area contributed by atoms with Gasteiger partial charge in [-0.3, -0.25) is 9.59 Å². The third-order valence-corrected chi connectivity index (χ3v) is 8.80. The van der Waals surface area contributed by atoms with Crippen LogP contribution in [0.4, 0.5) is 0 Å². The molecule has 5 nitrogen and oxygen atoms in total. The summed E-state index contributed by atoms with van der Waals surface area (Å²) in [6.45, 7) is 6.59. The van der Waals surface area contributed by atoms with E-state index in [1.807, 2.05) is 40.1 Å². The van der Waals surface area contributed by atoms with Crippen molar-refractivity contribution in [1.82, 2.24) is 14.4 Å². The van der Waals surface area contributed by atoms with E-state index in [0.29, 0.717) is 32.1 Å². The first-order valence-corrected chi connectivity index (χ1v) is 13.6. The smallest absolute Gasteiger partial charge is 0.270 e. The highest BCUT2D eigenvalue weighted by molar-refractivity contribution is 7.16. The third-order valence-electron chi connectivity index (χ3n) is 7.84. The van der Waals surface area contributed by atoms with E-state index in [4.69, 9.17) is 0 Å². The van der Waals surface area contributed by atoms with Crippen molar-refractivity contribution in [2.24, 2.45) is 5.92 Å². The molecule has 2 fully saturated rings. The lowest BCUT2D eigenvalue weighted by atomic mass is 10.1. The molecule has 36 heavy (non-hydrogen) atoms. The summed E-state index contributed by atoms with van der Waals surface area (Å²) in [7, 11) is 0. The number of aromatic nitrogens is 1. The van der Waals surface area contributed by atoms with Gasteiger partial charge in [0, 0.05) is 43.5 Å². The fourth-order valence-corrected chi connectivity index (χ4v) is 6.54. The van der Waals surface area contributed by atoms with E-state index in [-0.39, 0.29) is 23.8 Å².